The number of benzene rings is 2. The van der Waals surface area contributed by atoms with Gasteiger partial charge in [0, 0.05) is 21.0 Å². The molecule has 0 unspecified atom stereocenters. The van der Waals surface area contributed by atoms with Crippen LogP contribution in [0.5, 0.6) is 5.75 Å². The lowest BCUT2D eigenvalue weighted by Gasteiger charge is -2.17. The molecule has 0 amide bonds. The number of aryl methyl sites for hydroxylation is 1. The first kappa shape index (κ1) is 17.8. The zero-order valence-electron chi connectivity index (χ0n) is 14.7. The van der Waals surface area contributed by atoms with Gasteiger partial charge in [0.25, 0.3) is 0 Å². The lowest BCUT2D eigenvalue weighted by molar-refractivity contribution is 0.334. The van der Waals surface area contributed by atoms with Crippen molar-refractivity contribution in [3.05, 3.63) is 68.0 Å². The average molecular weight is 404 g/mol. The van der Waals surface area contributed by atoms with Crippen LogP contribution in [0.25, 0.3) is 11.3 Å². The first-order chi connectivity index (χ1) is 12.5. The summed E-state index contributed by atoms with van der Waals surface area (Å²) < 4.78 is 5.88. The minimum atomic E-state index is -0.0294. The van der Waals surface area contributed by atoms with E-state index in [9.17, 15) is 0 Å². The van der Waals surface area contributed by atoms with Gasteiger partial charge in [-0.1, -0.05) is 41.4 Å². The van der Waals surface area contributed by atoms with Gasteiger partial charge in [0.2, 0.25) is 0 Å². The summed E-state index contributed by atoms with van der Waals surface area (Å²) in [6.45, 7) is 4.78. The zero-order valence-corrected chi connectivity index (χ0v) is 17.0. The number of para-hydroxylation sites is 1. The molecule has 3 aromatic rings. The van der Waals surface area contributed by atoms with Crippen molar-refractivity contribution in [3.8, 4) is 17.0 Å². The second-order valence-corrected chi connectivity index (χ2v) is 8.61. The number of hydrogen-bond acceptors (Lipinski definition) is 3. The molecule has 0 spiro atoms. The Balaban J connectivity index is 1.78. The fourth-order valence-electron chi connectivity index (χ4n) is 3.40. The van der Waals surface area contributed by atoms with Gasteiger partial charge in [-0.3, -0.25) is 0 Å². The monoisotopic (exact) mass is 403 g/mol. The molecule has 1 saturated carbocycles. The fourth-order valence-corrected chi connectivity index (χ4v) is 5.09. The van der Waals surface area contributed by atoms with Crippen LogP contribution < -0.4 is 4.74 Å². The fraction of sp³-hybridized carbons (Fsp3) is 0.286. The van der Waals surface area contributed by atoms with Crippen molar-refractivity contribution in [2.45, 2.75) is 32.1 Å². The van der Waals surface area contributed by atoms with Gasteiger partial charge in [-0.05, 0) is 51.0 Å². The Morgan fingerprint density at radius 1 is 1.15 bits per heavy atom. The summed E-state index contributed by atoms with van der Waals surface area (Å²) in [5.74, 6) is 0.964. The first-order valence-electron chi connectivity index (χ1n) is 8.71. The van der Waals surface area contributed by atoms with Crippen LogP contribution in [0, 0.1) is 6.92 Å². The first-order valence-corrected chi connectivity index (χ1v) is 10.3. The Morgan fingerprint density at radius 2 is 1.92 bits per heavy atom. The van der Waals surface area contributed by atoms with E-state index in [1.165, 1.54) is 10.4 Å². The van der Waals surface area contributed by atoms with E-state index in [2.05, 4.69) is 25.1 Å². The Labute approximate surface area is 167 Å². The summed E-state index contributed by atoms with van der Waals surface area (Å²) in [4.78, 5) is 6.19. The molecular weight excluding hydrogens is 385 g/mol. The summed E-state index contributed by atoms with van der Waals surface area (Å²) >= 11 is 14.2. The van der Waals surface area contributed by atoms with Crippen LogP contribution in [-0.2, 0) is 5.41 Å². The summed E-state index contributed by atoms with van der Waals surface area (Å²) in [5.41, 5.74) is 3.10. The van der Waals surface area contributed by atoms with Crippen LogP contribution in [0.1, 0.15) is 35.2 Å². The summed E-state index contributed by atoms with van der Waals surface area (Å²) in [6.07, 6.45) is 2.19. The Kier molecular flexibility index (Phi) is 4.72. The minimum Gasteiger partial charge on any atom is -0.494 e. The van der Waals surface area contributed by atoms with Gasteiger partial charge < -0.3 is 4.74 Å². The maximum absolute atomic E-state index is 6.42. The molecule has 5 heteroatoms. The zero-order chi connectivity index (χ0) is 18.3. The van der Waals surface area contributed by atoms with Gasteiger partial charge >= 0.3 is 0 Å². The number of thiazole rings is 1. The van der Waals surface area contributed by atoms with Crippen molar-refractivity contribution >= 4 is 34.5 Å². The van der Waals surface area contributed by atoms with E-state index in [4.69, 9.17) is 32.9 Å². The highest BCUT2D eigenvalue weighted by Crippen LogP contribution is 2.57. The lowest BCUT2D eigenvalue weighted by Crippen LogP contribution is -2.11. The molecule has 4 rings (SSSR count). The third-order valence-corrected chi connectivity index (χ3v) is 6.57. The lowest BCUT2D eigenvalue weighted by atomic mass is 9.95. The van der Waals surface area contributed by atoms with Crippen molar-refractivity contribution in [3.63, 3.8) is 0 Å². The van der Waals surface area contributed by atoms with Crippen LogP contribution in [0.3, 0.4) is 0 Å². The van der Waals surface area contributed by atoms with Crippen LogP contribution >= 0.6 is 34.5 Å². The molecule has 1 aliphatic rings. The molecule has 0 N–H and O–H groups in total. The van der Waals surface area contributed by atoms with Gasteiger partial charge in [-0.15, -0.1) is 11.3 Å². The smallest absolute Gasteiger partial charge is 0.123 e. The van der Waals surface area contributed by atoms with Gasteiger partial charge in [-0.2, -0.15) is 0 Å². The molecule has 0 bridgehead atoms. The van der Waals surface area contributed by atoms with Gasteiger partial charge in [0.1, 0.15) is 10.8 Å². The van der Waals surface area contributed by atoms with E-state index in [0.717, 1.165) is 34.9 Å². The minimum absolute atomic E-state index is 0.0294. The standard InChI is InChI=1S/C21H19Cl2NOS/c1-3-25-18-7-5-4-6-16(18)21(10-11-21)20-24-19(13(2)26-20)15-9-8-14(22)12-17(15)23/h4-9,12H,3,10-11H2,1-2H3. The van der Waals surface area contributed by atoms with E-state index in [-0.39, 0.29) is 5.41 Å². The van der Waals surface area contributed by atoms with Gasteiger partial charge in [0.15, 0.2) is 0 Å². The van der Waals surface area contributed by atoms with Gasteiger partial charge in [-0.25, -0.2) is 4.98 Å². The van der Waals surface area contributed by atoms with Crippen LogP contribution in [0.4, 0.5) is 0 Å². The Hall–Kier alpha value is -1.55. The van der Waals surface area contributed by atoms with E-state index in [1.54, 1.807) is 17.4 Å². The van der Waals surface area contributed by atoms with Crippen molar-refractivity contribution in [1.82, 2.24) is 4.98 Å². The SMILES string of the molecule is CCOc1ccccc1C1(c2nc(-c3ccc(Cl)cc3Cl)c(C)s2)CC1. The molecule has 0 radical (unpaired) electrons. The molecule has 0 aliphatic heterocycles. The maximum Gasteiger partial charge on any atom is 0.123 e. The van der Waals surface area contributed by atoms with E-state index in [1.807, 2.05) is 25.1 Å². The van der Waals surface area contributed by atoms with Crippen LogP contribution in [-0.4, -0.2) is 11.6 Å². The molecule has 26 heavy (non-hydrogen) atoms. The molecule has 134 valence electrons. The molecule has 2 nitrogen and oxygen atoms in total. The third kappa shape index (κ3) is 3.02. The molecule has 1 fully saturated rings. The van der Waals surface area contributed by atoms with Gasteiger partial charge in [0.05, 0.1) is 22.7 Å². The highest BCUT2D eigenvalue weighted by molar-refractivity contribution is 7.12. The van der Waals surface area contributed by atoms with Crippen molar-refractivity contribution < 1.29 is 4.74 Å². The normalized spacial score (nSPS) is 15.1. The van der Waals surface area contributed by atoms with Crippen molar-refractivity contribution in [1.29, 1.82) is 0 Å². The quantitative estimate of drug-likeness (QED) is 0.461. The second-order valence-electron chi connectivity index (χ2n) is 6.56. The third-order valence-electron chi connectivity index (χ3n) is 4.84. The van der Waals surface area contributed by atoms with E-state index < -0.39 is 0 Å². The number of halogens is 2. The summed E-state index contributed by atoms with van der Waals surface area (Å²) in [6, 6.07) is 13.9. The van der Waals surface area contributed by atoms with Crippen molar-refractivity contribution in [2.24, 2.45) is 0 Å². The number of aromatic nitrogens is 1. The van der Waals surface area contributed by atoms with Crippen LogP contribution in [0.15, 0.2) is 42.5 Å². The molecule has 1 aromatic heterocycles. The summed E-state index contributed by atoms with van der Waals surface area (Å²) in [7, 11) is 0. The highest BCUT2D eigenvalue weighted by atomic mass is 35.5. The predicted molar refractivity (Wildman–Crippen MR) is 110 cm³/mol. The average Bonchev–Trinajstić information content (AvgIpc) is 3.33. The molecular formula is C21H19Cl2NOS. The van der Waals surface area contributed by atoms with Crippen LogP contribution in [0.2, 0.25) is 10.0 Å². The van der Waals surface area contributed by atoms with E-state index >= 15 is 0 Å². The highest BCUT2D eigenvalue weighted by Gasteiger charge is 2.50. The molecule has 1 heterocycles. The second kappa shape index (κ2) is 6.88. The maximum atomic E-state index is 6.42. The largest absolute Gasteiger partial charge is 0.494 e. The number of ether oxygens (including phenoxy) is 1. The van der Waals surface area contributed by atoms with E-state index in [0.29, 0.717) is 16.7 Å². The molecule has 0 atom stereocenters. The Bertz CT molecular complexity index is 962. The molecule has 0 saturated heterocycles. The summed E-state index contributed by atoms with van der Waals surface area (Å²) in [5, 5.41) is 2.41. The number of rotatable bonds is 5. The Morgan fingerprint density at radius 3 is 2.62 bits per heavy atom. The molecule has 2 aromatic carbocycles. The number of nitrogens with zero attached hydrogens (tertiary/aromatic N) is 1. The molecule has 1 aliphatic carbocycles. The number of hydrogen-bond donors (Lipinski definition) is 0. The van der Waals surface area contributed by atoms with Crippen molar-refractivity contribution in [2.75, 3.05) is 6.61 Å². The predicted octanol–water partition coefficient (Wildman–Crippen LogP) is 6.90. The topological polar surface area (TPSA) is 22.1 Å².